The van der Waals surface area contributed by atoms with E-state index in [0.717, 1.165) is 31.0 Å². The number of rotatable bonds is 2. The Hall–Kier alpha value is -2.35. The zero-order valence-corrected chi connectivity index (χ0v) is 18.4. The lowest BCUT2D eigenvalue weighted by Gasteiger charge is -2.10. The molecule has 0 unspecified atom stereocenters. The van der Waals surface area contributed by atoms with Crippen molar-refractivity contribution < 1.29 is 4.79 Å². The molecule has 0 saturated heterocycles. The number of hydrogen-bond donors (Lipinski definition) is 2. The van der Waals surface area contributed by atoms with Crippen LogP contribution in [-0.4, -0.2) is 16.0 Å². The highest BCUT2D eigenvalue weighted by atomic mass is 79.9. The fourth-order valence-electron chi connectivity index (χ4n) is 3.08. The molecule has 0 fully saturated rings. The minimum Gasteiger partial charge on any atom is -0.308 e. The normalized spacial score (nSPS) is 11.0. The lowest BCUT2D eigenvalue weighted by atomic mass is 10.0. The van der Waals surface area contributed by atoms with E-state index in [1.54, 1.807) is 6.07 Å². The highest BCUT2D eigenvalue weighted by molar-refractivity contribution is 9.10. The summed E-state index contributed by atoms with van der Waals surface area (Å²) in [7, 11) is 0. The molecule has 0 aliphatic carbocycles. The first-order valence-corrected chi connectivity index (χ1v) is 10.6. The fourth-order valence-corrected chi connectivity index (χ4v) is 4.85. The van der Waals surface area contributed by atoms with E-state index in [9.17, 15) is 4.79 Å². The average Bonchev–Trinajstić information content (AvgIpc) is 3.09. The Morgan fingerprint density at radius 2 is 1.75 bits per heavy atom. The Labute approximate surface area is 180 Å². The molecule has 4 nitrogen and oxygen atoms in total. The topological polar surface area (TPSA) is 54.0 Å². The van der Waals surface area contributed by atoms with Gasteiger partial charge >= 0.3 is 0 Å². The van der Waals surface area contributed by atoms with Crippen LogP contribution >= 0.6 is 39.5 Å². The van der Waals surface area contributed by atoms with Gasteiger partial charge in [0, 0.05) is 10.0 Å². The number of aryl methyl sites for hydroxylation is 2. The standard InChI is InChI=1S/C21H16BrN3OS2/c1-11-9-10-12(2)18-17(11)23-21(28-18)25-20(27)24-19(26)15-7-3-6-14-13(15)5-4-8-16(14)22/h3-10H,1-2H3,(H2,23,24,25,26,27). The molecule has 0 radical (unpaired) electrons. The van der Waals surface area contributed by atoms with Crippen molar-refractivity contribution in [2.45, 2.75) is 13.8 Å². The smallest absolute Gasteiger partial charge is 0.258 e. The number of anilines is 1. The van der Waals surface area contributed by atoms with Crippen LogP contribution in [-0.2, 0) is 0 Å². The second-order valence-electron chi connectivity index (χ2n) is 6.44. The summed E-state index contributed by atoms with van der Waals surface area (Å²) >= 11 is 10.4. The SMILES string of the molecule is Cc1ccc(C)c2sc(NC(=S)NC(=O)c3cccc4c(Br)cccc34)nc12. The maximum Gasteiger partial charge on any atom is 0.258 e. The number of aromatic nitrogens is 1. The number of carbonyl (C=O) groups is 1. The molecular formula is C21H16BrN3OS2. The number of halogens is 1. The van der Waals surface area contributed by atoms with Gasteiger partial charge in [-0.15, -0.1) is 0 Å². The van der Waals surface area contributed by atoms with E-state index in [2.05, 4.69) is 50.6 Å². The molecule has 0 spiro atoms. The highest BCUT2D eigenvalue weighted by Gasteiger charge is 2.14. The van der Waals surface area contributed by atoms with Crippen molar-refractivity contribution in [2.75, 3.05) is 5.32 Å². The Bertz CT molecular complexity index is 1210. The molecule has 28 heavy (non-hydrogen) atoms. The summed E-state index contributed by atoms with van der Waals surface area (Å²) in [5, 5.41) is 8.54. The Kier molecular flexibility index (Phi) is 5.14. The molecule has 2 N–H and O–H groups in total. The molecular weight excluding hydrogens is 454 g/mol. The van der Waals surface area contributed by atoms with Crippen molar-refractivity contribution in [2.24, 2.45) is 0 Å². The van der Waals surface area contributed by atoms with Crippen LogP contribution in [0.25, 0.3) is 21.0 Å². The maximum absolute atomic E-state index is 12.8. The van der Waals surface area contributed by atoms with Gasteiger partial charge in [0.2, 0.25) is 0 Å². The van der Waals surface area contributed by atoms with Gasteiger partial charge in [-0.1, -0.05) is 63.7 Å². The van der Waals surface area contributed by atoms with Crippen LogP contribution in [0.15, 0.2) is 53.0 Å². The Morgan fingerprint density at radius 1 is 1.04 bits per heavy atom. The van der Waals surface area contributed by atoms with E-state index in [-0.39, 0.29) is 11.0 Å². The highest BCUT2D eigenvalue weighted by Crippen LogP contribution is 2.31. The lowest BCUT2D eigenvalue weighted by Crippen LogP contribution is -2.34. The molecule has 0 aliphatic rings. The number of fused-ring (bicyclic) bond motifs is 2. The summed E-state index contributed by atoms with van der Waals surface area (Å²) in [5.41, 5.74) is 3.81. The molecule has 140 valence electrons. The van der Waals surface area contributed by atoms with Crippen molar-refractivity contribution in [1.82, 2.24) is 10.3 Å². The lowest BCUT2D eigenvalue weighted by molar-refractivity contribution is 0.0979. The third-order valence-electron chi connectivity index (χ3n) is 4.50. The predicted molar refractivity (Wildman–Crippen MR) is 124 cm³/mol. The predicted octanol–water partition coefficient (Wildman–Crippen LogP) is 5.96. The van der Waals surface area contributed by atoms with Gasteiger partial charge in [0.25, 0.3) is 5.91 Å². The molecule has 4 rings (SSSR count). The molecule has 1 aromatic heterocycles. The fraction of sp³-hybridized carbons (Fsp3) is 0.0952. The second kappa shape index (κ2) is 7.58. The first kappa shape index (κ1) is 19.0. The molecule has 0 atom stereocenters. The number of benzene rings is 3. The van der Waals surface area contributed by atoms with Gasteiger partial charge in [0.05, 0.1) is 10.2 Å². The molecule has 0 bridgehead atoms. The zero-order valence-electron chi connectivity index (χ0n) is 15.2. The molecule has 0 saturated carbocycles. The number of amides is 1. The minimum atomic E-state index is -0.255. The van der Waals surface area contributed by atoms with Crippen LogP contribution in [0.5, 0.6) is 0 Å². The van der Waals surface area contributed by atoms with Crippen LogP contribution in [0.1, 0.15) is 21.5 Å². The summed E-state index contributed by atoms with van der Waals surface area (Å²) in [5.74, 6) is -0.255. The number of hydrogen-bond acceptors (Lipinski definition) is 4. The van der Waals surface area contributed by atoms with Crippen LogP contribution in [0.2, 0.25) is 0 Å². The third-order valence-corrected chi connectivity index (χ3v) is 6.50. The average molecular weight is 470 g/mol. The molecule has 3 aromatic carbocycles. The summed E-state index contributed by atoms with van der Waals surface area (Å²) in [6, 6.07) is 15.5. The number of carbonyl (C=O) groups excluding carboxylic acids is 1. The van der Waals surface area contributed by atoms with Gasteiger partial charge in [-0.25, -0.2) is 4.98 Å². The van der Waals surface area contributed by atoms with Crippen molar-refractivity contribution in [3.63, 3.8) is 0 Å². The van der Waals surface area contributed by atoms with E-state index in [1.807, 2.05) is 37.3 Å². The summed E-state index contributed by atoms with van der Waals surface area (Å²) in [6.45, 7) is 4.09. The van der Waals surface area contributed by atoms with Gasteiger partial charge < -0.3 is 5.32 Å². The van der Waals surface area contributed by atoms with E-state index >= 15 is 0 Å². The van der Waals surface area contributed by atoms with Crippen molar-refractivity contribution in [3.8, 4) is 0 Å². The van der Waals surface area contributed by atoms with Gasteiger partial charge in [0.15, 0.2) is 10.2 Å². The van der Waals surface area contributed by atoms with Crippen molar-refractivity contribution in [1.29, 1.82) is 0 Å². The largest absolute Gasteiger partial charge is 0.308 e. The van der Waals surface area contributed by atoms with Gasteiger partial charge in [-0.05, 0) is 60.1 Å². The van der Waals surface area contributed by atoms with Crippen LogP contribution in [0.4, 0.5) is 5.13 Å². The summed E-state index contributed by atoms with van der Waals surface area (Å²) < 4.78 is 2.07. The van der Waals surface area contributed by atoms with Crippen LogP contribution < -0.4 is 10.6 Å². The van der Waals surface area contributed by atoms with Crippen molar-refractivity contribution in [3.05, 3.63) is 69.7 Å². The van der Waals surface area contributed by atoms with Crippen LogP contribution in [0.3, 0.4) is 0 Å². The first-order valence-electron chi connectivity index (χ1n) is 8.60. The Morgan fingerprint density at radius 3 is 2.54 bits per heavy atom. The molecule has 7 heteroatoms. The molecule has 4 aromatic rings. The van der Waals surface area contributed by atoms with E-state index in [4.69, 9.17) is 12.2 Å². The summed E-state index contributed by atoms with van der Waals surface area (Å²) in [4.78, 5) is 17.4. The monoisotopic (exact) mass is 469 g/mol. The third kappa shape index (κ3) is 3.53. The van der Waals surface area contributed by atoms with E-state index in [1.165, 1.54) is 16.9 Å². The zero-order chi connectivity index (χ0) is 19.8. The van der Waals surface area contributed by atoms with Gasteiger partial charge in [-0.2, -0.15) is 0 Å². The minimum absolute atomic E-state index is 0.228. The quantitative estimate of drug-likeness (QED) is 0.355. The second-order valence-corrected chi connectivity index (χ2v) is 8.71. The first-order chi connectivity index (χ1) is 13.4. The van der Waals surface area contributed by atoms with E-state index < -0.39 is 0 Å². The number of nitrogens with zero attached hydrogens (tertiary/aromatic N) is 1. The summed E-state index contributed by atoms with van der Waals surface area (Å²) in [6.07, 6.45) is 0. The van der Waals surface area contributed by atoms with Gasteiger partial charge in [0.1, 0.15) is 0 Å². The van der Waals surface area contributed by atoms with Gasteiger partial charge in [-0.3, -0.25) is 10.1 Å². The maximum atomic E-state index is 12.8. The van der Waals surface area contributed by atoms with Crippen molar-refractivity contribution >= 4 is 76.6 Å². The molecule has 0 aliphatic heterocycles. The Balaban J connectivity index is 1.56. The van der Waals surface area contributed by atoms with Crippen LogP contribution in [0, 0.1) is 13.8 Å². The molecule has 1 amide bonds. The number of thiocarbonyl (C=S) groups is 1. The molecule has 1 heterocycles. The van der Waals surface area contributed by atoms with E-state index in [0.29, 0.717) is 10.7 Å². The number of nitrogens with one attached hydrogen (secondary N) is 2. The number of thiazole rings is 1.